The number of pyridine rings is 1. The number of carboxylic acid groups (broad SMARTS) is 1. The van der Waals surface area contributed by atoms with E-state index in [1.165, 1.54) is 18.7 Å². The number of aromatic nitrogens is 1. The maximum absolute atomic E-state index is 13.0. The number of aromatic carboxylic acids is 1. The van der Waals surface area contributed by atoms with E-state index >= 15 is 0 Å². The molecule has 8 heteroatoms. The van der Waals surface area contributed by atoms with Crippen molar-refractivity contribution in [3.8, 4) is 0 Å². The van der Waals surface area contributed by atoms with Crippen molar-refractivity contribution >= 4 is 41.0 Å². The van der Waals surface area contributed by atoms with Crippen LogP contribution >= 0.6 is 11.6 Å². The lowest BCUT2D eigenvalue weighted by atomic mass is 9.93. The van der Waals surface area contributed by atoms with Crippen molar-refractivity contribution in [2.45, 2.75) is 43.6 Å². The Labute approximate surface area is 185 Å². The third-order valence-corrected chi connectivity index (χ3v) is 6.18. The van der Waals surface area contributed by atoms with Crippen LogP contribution < -0.4 is 10.6 Å². The Morgan fingerprint density at radius 2 is 1.97 bits per heavy atom. The zero-order valence-corrected chi connectivity index (χ0v) is 17.6. The Balaban J connectivity index is 1.56. The van der Waals surface area contributed by atoms with Crippen LogP contribution in [-0.2, 0) is 10.2 Å². The zero-order valence-electron chi connectivity index (χ0n) is 16.8. The molecule has 0 spiro atoms. The number of nitrogens with zero attached hydrogens (tertiary/aromatic N) is 1. The largest absolute Gasteiger partial charge is 0.478 e. The quantitative estimate of drug-likeness (QED) is 0.460. The van der Waals surface area contributed by atoms with Gasteiger partial charge in [-0.3, -0.25) is 9.78 Å². The van der Waals surface area contributed by atoms with Gasteiger partial charge in [-0.1, -0.05) is 17.7 Å². The number of rotatable bonds is 8. The molecule has 0 atom stereocenters. The van der Waals surface area contributed by atoms with Crippen molar-refractivity contribution in [3.63, 3.8) is 0 Å². The SMILES string of the molecule is N=C/C(=C\NC1CCC1)c1ccc(NC(=O)C2(c3ccc(Cl)cn3)CC2)cc1C(=O)O. The maximum Gasteiger partial charge on any atom is 0.336 e. The van der Waals surface area contributed by atoms with Gasteiger partial charge in [-0.25, -0.2) is 4.79 Å². The lowest BCUT2D eigenvalue weighted by molar-refractivity contribution is -0.118. The summed E-state index contributed by atoms with van der Waals surface area (Å²) in [7, 11) is 0. The molecular formula is C23H23ClN4O3. The summed E-state index contributed by atoms with van der Waals surface area (Å²) in [6.45, 7) is 0. The number of allylic oxidation sites excluding steroid dienone is 1. The van der Waals surface area contributed by atoms with E-state index in [1.54, 1.807) is 30.5 Å². The summed E-state index contributed by atoms with van der Waals surface area (Å²) < 4.78 is 0. The van der Waals surface area contributed by atoms with E-state index in [4.69, 9.17) is 17.0 Å². The summed E-state index contributed by atoms with van der Waals surface area (Å²) in [5.41, 5.74) is 1.26. The summed E-state index contributed by atoms with van der Waals surface area (Å²) in [5, 5.41) is 24.0. The van der Waals surface area contributed by atoms with E-state index in [1.807, 2.05) is 0 Å². The van der Waals surface area contributed by atoms with Crippen molar-refractivity contribution in [2.24, 2.45) is 0 Å². The molecule has 2 aliphatic carbocycles. The summed E-state index contributed by atoms with van der Waals surface area (Å²) in [4.78, 5) is 29.1. The molecule has 0 aliphatic heterocycles. The Morgan fingerprint density at radius 1 is 1.19 bits per heavy atom. The van der Waals surface area contributed by atoms with Crippen LogP contribution in [0.15, 0.2) is 42.7 Å². The molecule has 1 amide bonds. The minimum absolute atomic E-state index is 0.0254. The standard InChI is InChI=1S/C23H23ClN4O3/c24-15-4-7-20(27-13-15)23(8-9-23)22(31)28-17-5-6-18(19(10-17)21(29)30)14(11-25)12-26-16-2-1-3-16/h4-7,10-13,16,25-26H,1-3,8-9H2,(H,28,31)(H,29,30)/b14-12+,25-11?. The molecule has 160 valence electrons. The monoisotopic (exact) mass is 438 g/mol. The first-order valence-electron chi connectivity index (χ1n) is 10.2. The topological polar surface area (TPSA) is 115 Å². The highest BCUT2D eigenvalue weighted by atomic mass is 35.5. The zero-order chi connectivity index (χ0) is 22.0. The van der Waals surface area contributed by atoms with E-state index in [0.29, 0.717) is 46.4 Å². The molecule has 7 nitrogen and oxygen atoms in total. The van der Waals surface area contributed by atoms with Crippen LogP contribution in [0, 0.1) is 5.41 Å². The average Bonchev–Trinajstić information content (AvgIpc) is 3.53. The molecule has 31 heavy (non-hydrogen) atoms. The van der Waals surface area contributed by atoms with E-state index in [-0.39, 0.29) is 11.5 Å². The second kappa shape index (κ2) is 8.51. The minimum atomic E-state index is -1.12. The first-order valence-corrected chi connectivity index (χ1v) is 10.6. The number of hydrogen-bond donors (Lipinski definition) is 4. The van der Waals surface area contributed by atoms with Gasteiger partial charge in [-0.2, -0.15) is 0 Å². The molecule has 2 saturated carbocycles. The molecule has 0 bridgehead atoms. The van der Waals surface area contributed by atoms with Crippen molar-refractivity contribution in [2.75, 3.05) is 5.32 Å². The molecule has 1 aromatic carbocycles. The summed E-state index contributed by atoms with van der Waals surface area (Å²) in [5.74, 6) is -1.34. The van der Waals surface area contributed by atoms with E-state index < -0.39 is 11.4 Å². The van der Waals surface area contributed by atoms with Crippen LogP contribution in [0.2, 0.25) is 5.02 Å². The molecule has 1 aromatic heterocycles. The fraction of sp³-hybridized carbons (Fsp3) is 0.304. The Bertz CT molecular complexity index is 1060. The summed E-state index contributed by atoms with van der Waals surface area (Å²) in [6.07, 6.45) is 9.01. The fourth-order valence-electron chi connectivity index (χ4n) is 3.66. The third kappa shape index (κ3) is 4.32. The van der Waals surface area contributed by atoms with E-state index in [2.05, 4.69) is 15.6 Å². The van der Waals surface area contributed by atoms with Crippen molar-refractivity contribution in [1.29, 1.82) is 5.41 Å². The van der Waals surface area contributed by atoms with Crippen LogP contribution in [0.4, 0.5) is 5.69 Å². The van der Waals surface area contributed by atoms with Gasteiger partial charge in [-0.05, 0) is 61.9 Å². The van der Waals surface area contributed by atoms with Crippen molar-refractivity contribution < 1.29 is 14.7 Å². The van der Waals surface area contributed by atoms with Crippen molar-refractivity contribution in [1.82, 2.24) is 10.3 Å². The van der Waals surface area contributed by atoms with Crippen LogP contribution in [0.25, 0.3) is 5.57 Å². The fourth-order valence-corrected chi connectivity index (χ4v) is 3.78. The molecule has 4 N–H and O–H groups in total. The summed E-state index contributed by atoms with van der Waals surface area (Å²) >= 11 is 5.90. The van der Waals surface area contributed by atoms with Gasteiger partial charge in [0.25, 0.3) is 0 Å². The van der Waals surface area contributed by atoms with Crippen LogP contribution in [0.3, 0.4) is 0 Å². The Hall–Kier alpha value is -3.19. The second-order valence-corrected chi connectivity index (χ2v) is 8.44. The Kier molecular flexibility index (Phi) is 5.78. The van der Waals surface area contributed by atoms with Crippen molar-refractivity contribution in [3.05, 3.63) is 64.6 Å². The first kappa shape index (κ1) is 21.1. The van der Waals surface area contributed by atoms with Gasteiger partial charge in [0, 0.05) is 35.9 Å². The normalized spacial score (nSPS) is 17.4. The number of benzene rings is 1. The highest BCUT2D eigenvalue weighted by Crippen LogP contribution is 2.48. The molecule has 2 aliphatic rings. The molecular weight excluding hydrogens is 416 g/mol. The van der Waals surface area contributed by atoms with Gasteiger partial charge in [-0.15, -0.1) is 0 Å². The molecule has 0 unspecified atom stereocenters. The number of carbonyl (C=O) groups is 2. The highest BCUT2D eigenvalue weighted by molar-refractivity contribution is 6.30. The van der Waals surface area contributed by atoms with Crippen LogP contribution in [-0.4, -0.2) is 34.2 Å². The molecule has 2 fully saturated rings. The van der Waals surface area contributed by atoms with Gasteiger partial charge in [0.05, 0.1) is 21.7 Å². The van der Waals surface area contributed by atoms with Crippen LogP contribution in [0.1, 0.15) is 53.7 Å². The highest BCUT2D eigenvalue weighted by Gasteiger charge is 2.52. The minimum Gasteiger partial charge on any atom is -0.478 e. The number of hydrogen-bond acceptors (Lipinski definition) is 5. The first-order chi connectivity index (χ1) is 14.9. The third-order valence-electron chi connectivity index (χ3n) is 5.96. The molecule has 0 radical (unpaired) electrons. The average molecular weight is 439 g/mol. The van der Waals surface area contributed by atoms with Gasteiger partial charge < -0.3 is 21.1 Å². The Morgan fingerprint density at radius 3 is 2.52 bits per heavy atom. The number of carboxylic acids is 1. The molecule has 2 aromatic rings. The van der Waals surface area contributed by atoms with E-state index in [0.717, 1.165) is 19.1 Å². The van der Waals surface area contributed by atoms with Gasteiger partial charge in [0.2, 0.25) is 5.91 Å². The predicted molar refractivity (Wildman–Crippen MR) is 120 cm³/mol. The number of carbonyl (C=O) groups excluding carboxylic acids is 1. The molecule has 1 heterocycles. The number of nitrogens with one attached hydrogen (secondary N) is 3. The van der Waals surface area contributed by atoms with Crippen LogP contribution in [0.5, 0.6) is 0 Å². The number of amides is 1. The lowest BCUT2D eigenvalue weighted by Gasteiger charge is -2.26. The lowest BCUT2D eigenvalue weighted by Crippen LogP contribution is -2.31. The molecule has 4 rings (SSSR count). The van der Waals surface area contributed by atoms with Gasteiger partial charge >= 0.3 is 5.97 Å². The van der Waals surface area contributed by atoms with Gasteiger partial charge in [0.1, 0.15) is 0 Å². The van der Waals surface area contributed by atoms with E-state index in [9.17, 15) is 14.7 Å². The number of halogens is 1. The smallest absolute Gasteiger partial charge is 0.336 e. The summed E-state index contributed by atoms with van der Waals surface area (Å²) in [6, 6.07) is 8.54. The molecule has 0 saturated heterocycles. The second-order valence-electron chi connectivity index (χ2n) is 8.00. The van der Waals surface area contributed by atoms with Gasteiger partial charge in [0.15, 0.2) is 0 Å². The maximum atomic E-state index is 13.0. The number of anilines is 1. The predicted octanol–water partition coefficient (Wildman–Crippen LogP) is 4.24.